The Balaban J connectivity index is 2.55. The molecule has 0 saturated heterocycles. The molecule has 2 nitrogen and oxygen atoms in total. The molecule has 0 unspecified atom stereocenters. The van der Waals surface area contributed by atoms with Crippen LogP contribution in [0.15, 0.2) is 28.7 Å². The highest BCUT2D eigenvalue weighted by molar-refractivity contribution is 9.10. The van der Waals surface area contributed by atoms with Crippen LogP contribution in [0.25, 0.3) is 0 Å². The molecular formula is C13H17BrClNO. The van der Waals surface area contributed by atoms with Crippen molar-refractivity contribution in [1.29, 1.82) is 0 Å². The van der Waals surface area contributed by atoms with Crippen LogP contribution in [0.1, 0.15) is 25.8 Å². The SMILES string of the molecule is CC(C)(CCCl)NC(=O)Cc1cccc(Br)c1. The standard InChI is InChI=1S/C13H17BrClNO/c1-13(2,6-7-15)16-12(17)9-10-4-3-5-11(14)8-10/h3-5,8H,6-7,9H2,1-2H3,(H,16,17). The van der Waals surface area contributed by atoms with Crippen LogP contribution in [0, 0.1) is 0 Å². The highest BCUT2D eigenvalue weighted by Crippen LogP contribution is 2.13. The van der Waals surface area contributed by atoms with E-state index in [0.717, 1.165) is 16.5 Å². The molecule has 0 aliphatic heterocycles. The molecule has 0 aliphatic carbocycles. The van der Waals surface area contributed by atoms with Crippen LogP contribution < -0.4 is 5.32 Å². The van der Waals surface area contributed by atoms with Crippen molar-refractivity contribution in [2.45, 2.75) is 32.2 Å². The van der Waals surface area contributed by atoms with Crippen LogP contribution in [0.4, 0.5) is 0 Å². The number of nitrogens with one attached hydrogen (secondary N) is 1. The Kier molecular flexibility index (Phi) is 5.47. The molecular weight excluding hydrogens is 302 g/mol. The molecule has 0 saturated carbocycles. The van der Waals surface area contributed by atoms with Gasteiger partial charge in [0.05, 0.1) is 6.42 Å². The summed E-state index contributed by atoms with van der Waals surface area (Å²) in [5.74, 6) is 0.572. The van der Waals surface area contributed by atoms with Gasteiger partial charge in [-0.05, 0) is 38.0 Å². The molecule has 1 N–H and O–H groups in total. The average Bonchev–Trinajstić information content (AvgIpc) is 2.15. The lowest BCUT2D eigenvalue weighted by atomic mass is 10.0. The van der Waals surface area contributed by atoms with Gasteiger partial charge in [0.15, 0.2) is 0 Å². The fourth-order valence-electron chi connectivity index (χ4n) is 1.55. The van der Waals surface area contributed by atoms with Gasteiger partial charge < -0.3 is 5.32 Å². The quantitative estimate of drug-likeness (QED) is 0.827. The number of benzene rings is 1. The first-order valence-electron chi connectivity index (χ1n) is 5.54. The monoisotopic (exact) mass is 317 g/mol. The molecule has 0 radical (unpaired) electrons. The molecule has 1 rings (SSSR count). The molecule has 94 valence electrons. The fraction of sp³-hybridized carbons (Fsp3) is 0.462. The maximum absolute atomic E-state index is 11.8. The number of halogens is 2. The second-order valence-electron chi connectivity index (χ2n) is 4.68. The maximum Gasteiger partial charge on any atom is 0.224 e. The van der Waals surface area contributed by atoms with E-state index < -0.39 is 0 Å². The Hall–Kier alpha value is -0.540. The first-order valence-corrected chi connectivity index (χ1v) is 6.87. The summed E-state index contributed by atoms with van der Waals surface area (Å²) in [6.07, 6.45) is 1.16. The number of alkyl halides is 1. The third-order valence-corrected chi connectivity index (χ3v) is 3.13. The van der Waals surface area contributed by atoms with Crippen molar-refractivity contribution in [3.8, 4) is 0 Å². The van der Waals surface area contributed by atoms with E-state index in [1.54, 1.807) is 0 Å². The van der Waals surface area contributed by atoms with Gasteiger partial charge in [0.25, 0.3) is 0 Å². The Morgan fingerprint density at radius 1 is 1.47 bits per heavy atom. The lowest BCUT2D eigenvalue weighted by Crippen LogP contribution is -2.44. The van der Waals surface area contributed by atoms with Crippen molar-refractivity contribution >= 4 is 33.4 Å². The van der Waals surface area contributed by atoms with Crippen molar-refractivity contribution in [3.63, 3.8) is 0 Å². The number of amides is 1. The summed E-state index contributed by atoms with van der Waals surface area (Å²) < 4.78 is 0.989. The molecule has 0 bridgehead atoms. The van der Waals surface area contributed by atoms with E-state index >= 15 is 0 Å². The second kappa shape index (κ2) is 6.41. The zero-order chi connectivity index (χ0) is 12.9. The van der Waals surface area contributed by atoms with Gasteiger partial charge in [-0.15, -0.1) is 11.6 Å². The molecule has 1 aromatic rings. The molecule has 4 heteroatoms. The van der Waals surface area contributed by atoms with E-state index in [9.17, 15) is 4.79 Å². The minimum atomic E-state index is -0.245. The van der Waals surface area contributed by atoms with Gasteiger partial charge in [-0.1, -0.05) is 28.1 Å². The van der Waals surface area contributed by atoms with Gasteiger partial charge in [0.2, 0.25) is 5.91 Å². The summed E-state index contributed by atoms with van der Waals surface area (Å²) in [4.78, 5) is 11.8. The molecule has 1 aromatic carbocycles. The minimum Gasteiger partial charge on any atom is -0.351 e. The lowest BCUT2D eigenvalue weighted by Gasteiger charge is -2.25. The highest BCUT2D eigenvalue weighted by atomic mass is 79.9. The van der Waals surface area contributed by atoms with Gasteiger partial charge in [-0.25, -0.2) is 0 Å². The van der Waals surface area contributed by atoms with Gasteiger partial charge in [-0.2, -0.15) is 0 Å². The summed E-state index contributed by atoms with van der Waals surface area (Å²) in [5.41, 5.74) is 0.753. The first kappa shape index (κ1) is 14.5. The minimum absolute atomic E-state index is 0.0261. The molecule has 1 amide bonds. The molecule has 0 aromatic heterocycles. The second-order valence-corrected chi connectivity index (χ2v) is 5.97. The van der Waals surface area contributed by atoms with Crippen LogP contribution >= 0.6 is 27.5 Å². The number of carbonyl (C=O) groups is 1. The third-order valence-electron chi connectivity index (χ3n) is 2.45. The first-order chi connectivity index (χ1) is 7.93. The topological polar surface area (TPSA) is 29.1 Å². The Morgan fingerprint density at radius 2 is 2.18 bits per heavy atom. The number of hydrogen-bond acceptors (Lipinski definition) is 1. The molecule has 0 aliphatic rings. The summed E-state index contributed by atoms with van der Waals surface area (Å²) in [6, 6.07) is 7.77. The van der Waals surface area contributed by atoms with E-state index in [2.05, 4.69) is 21.2 Å². The van der Waals surface area contributed by atoms with Crippen molar-refractivity contribution < 1.29 is 4.79 Å². The number of rotatable bonds is 5. The van der Waals surface area contributed by atoms with Crippen molar-refractivity contribution in [3.05, 3.63) is 34.3 Å². The lowest BCUT2D eigenvalue weighted by molar-refractivity contribution is -0.122. The van der Waals surface area contributed by atoms with Crippen LogP contribution in [0.2, 0.25) is 0 Å². The van der Waals surface area contributed by atoms with Gasteiger partial charge in [0.1, 0.15) is 0 Å². The van der Waals surface area contributed by atoms with E-state index in [0.29, 0.717) is 12.3 Å². The van der Waals surface area contributed by atoms with Gasteiger partial charge in [-0.3, -0.25) is 4.79 Å². The Labute approximate surface area is 116 Å². The van der Waals surface area contributed by atoms with Crippen molar-refractivity contribution in [2.24, 2.45) is 0 Å². The zero-order valence-electron chi connectivity index (χ0n) is 10.1. The summed E-state index contributed by atoms with van der Waals surface area (Å²) >= 11 is 9.08. The molecule has 0 fully saturated rings. The largest absolute Gasteiger partial charge is 0.351 e. The molecule has 0 spiro atoms. The average molecular weight is 319 g/mol. The van der Waals surface area contributed by atoms with Gasteiger partial charge in [0, 0.05) is 15.9 Å². The third kappa shape index (κ3) is 5.55. The highest BCUT2D eigenvalue weighted by Gasteiger charge is 2.19. The van der Waals surface area contributed by atoms with E-state index in [4.69, 9.17) is 11.6 Å². The van der Waals surface area contributed by atoms with Crippen LogP contribution in [-0.2, 0) is 11.2 Å². The number of carbonyl (C=O) groups excluding carboxylic acids is 1. The Morgan fingerprint density at radius 3 is 2.76 bits per heavy atom. The predicted octanol–water partition coefficient (Wildman–Crippen LogP) is 3.52. The van der Waals surface area contributed by atoms with E-state index in [1.807, 2.05) is 38.1 Å². The molecule has 0 atom stereocenters. The summed E-state index contributed by atoms with van der Waals surface area (Å²) in [7, 11) is 0. The zero-order valence-corrected chi connectivity index (χ0v) is 12.4. The fourth-order valence-corrected chi connectivity index (χ4v) is 2.47. The molecule has 0 heterocycles. The predicted molar refractivity (Wildman–Crippen MR) is 75.4 cm³/mol. The van der Waals surface area contributed by atoms with E-state index in [-0.39, 0.29) is 11.4 Å². The number of hydrogen-bond donors (Lipinski definition) is 1. The van der Waals surface area contributed by atoms with Crippen molar-refractivity contribution in [1.82, 2.24) is 5.32 Å². The van der Waals surface area contributed by atoms with Crippen LogP contribution in [0.3, 0.4) is 0 Å². The van der Waals surface area contributed by atoms with Crippen molar-refractivity contribution in [2.75, 3.05) is 5.88 Å². The smallest absolute Gasteiger partial charge is 0.224 e. The van der Waals surface area contributed by atoms with Crippen LogP contribution in [0.5, 0.6) is 0 Å². The summed E-state index contributed by atoms with van der Waals surface area (Å²) in [6.45, 7) is 3.96. The Bertz CT molecular complexity index is 393. The maximum atomic E-state index is 11.8. The molecule has 17 heavy (non-hydrogen) atoms. The van der Waals surface area contributed by atoms with Crippen LogP contribution in [-0.4, -0.2) is 17.3 Å². The normalized spacial score (nSPS) is 11.3. The van der Waals surface area contributed by atoms with Gasteiger partial charge >= 0.3 is 0 Å². The summed E-state index contributed by atoms with van der Waals surface area (Å²) in [5, 5.41) is 2.99. The van der Waals surface area contributed by atoms with E-state index in [1.165, 1.54) is 0 Å².